The van der Waals surface area contributed by atoms with Crippen LogP contribution in [0.3, 0.4) is 0 Å². The van der Waals surface area contributed by atoms with Gasteiger partial charge in [-0.2, -0.15) is 0 Å². The normalized spacial score (nSPS) is 10.3. The molecule has 0 radical (unpaired) electrons. The number of hydrogen-bond acceptors (Lipinski definition) is 2. The molecule has 0 aliphatic rings. The first kappa shape index (κ1) is 10.0. The minimum Gasteiger partial charge on any atom is -0.269 e. The number of rotatable bonds is 1. The molecule has 2 rings (SSSR count). The van der Waals surface area contributed by atoms with Crippen LogP contribution in [-0.4, -0.2) is 9.55 Å². The first-order valence-electron chi connectivity index (χ1n) is 4.17. The first-order chi connectivity index (χ1) is 7.18. The molecule has 2 aromatic heterocycles. The van der Waals surface area contributed by atoms with E-state index in [9.17, 15) is 9.18 Å². The zero-order valence-corrected chi connectivity index (χ0v) is 9.11. The van der Waals surface area contributed by atoms with Crippen LogP contribution < -0.4 is 5.56 Å². The Bertz CT molecular complexity index is 553. The predicted octanol–water partition coefficient (Wildman–Crippen LogP) is 2.13. The Morgan fingerprint density at radius 1 is 1.40 bits per heavy atom. The van der Waals surface area contributed by atoms with Gasteiger partial charge < -0.3 is 0 Å². The predicted molar refractivity (Wildman–Crippen MR) is 57.5 cm³/mol. The highest BCUT2D eigenvalue weighted by molar-refractivity contribution is 9.10. The Morgan fingerprint density at radius 3 is 2.87 bits per heavy atom. The summed E-state index contributed by atoms with van der Waals surface area (Å²) in [6.45, 7) is 0. The summed E-state index contributed by atoms with van der Waals surface area (Å²) < 4.78 is 15.2. The molecule has 2 heterocycles. The van der Waals surface area contributed by atoms with Crippen molar-refractivity contribution in [1.29, 1.82) is 0 Å². The van der Waals surface area contributed by atoms with Crippen molar-refractivity contribution in [2.75, 3.05) is 0 Å². The fraction of sp³-hybridized carbons (Fsp3) is 0. The molecular formula is C10H6BrFN2O. The largest absolute Gasteiger partial charge is 0.269 e. The highest BCUT2D eigenvalue weighted by atomic mass is 79.9. The standard InChI is InChI=1S/C10H6BrFN2O/c11-7-5-8(12)10(13-6-7)14-4-2-1-3-9(14)15/h1-6H. The Balaban J connectivity index is 2.65. The van der Waals surface area contributed by atoms with Gasteiger partial charge in [0, 0.05) is 22.9 Å². The smallest absolute Gasteiger partial charge is 0.256 e. The summed E-state index contributed by atoms with van der Waals surface area (Å²) in [7, 11) is 0. The lowest BCUT2D eigenvalue weighted by Gasteiger charge is -2.04. The molecule has 0 saturated carbocycles. The lowest BCUT2D eigenvalue weighted by Crippen LogP contribution is -2.18. The van der Waals surface area contributed by atoms with E-state index in [0.29, 0.717) is 4.47 Å². The van der Waals surface area contributed by atoms with Crippen molar-refractivity contribution in [3.63, 3.8) is 0 Å². The van der Waals surface area contributed by atoms with Crippen LogP contribution in [0.5, 0.6) is 0 Å². The number of aromatic nitrogens is 2. The van der Waals surface area contributed by atoms with Crippen molar-refractivity contribution in [2.45, 2.75) is 0 Å². The molecule has 15 heavy (non-hydrogen) atoms. The number of hydrogen-bond donors (Lipinski definition) is 0. The average molecular weight is 269 g/mol. The Morgan fingerprint density at radius 2 is 2.20 bits per heavy atom. The molecule has 76 valence electrons. The van der Waals surface area contributed by atoms with Gasteiger partial charge in [0.25, 0.3) is 5.56 Å². The van der Waals surface area contributed by atoms with Gasteiger partial charge in [-0.05, 0) is 28.1 Å². The molecule has 0 fully saturated rings. The maximum Gasteiger partial charge on any atom is 0.256 e. The van der Waals surface area contributed by atoms with Gasteiger partial charge in [0.1, 0.15) is 0 Å². The van der Waals surface area contributed by atoms with Crippen LogP contribution in [-0.2, 0) is 0 Å². The monoisotopic (exact) mass is 268 g/mol. The van der Waals surface area contributed by atoms with Crippen LogP contribution in [0, 0.1) is 5.82 Å². The van der Waals surface area contributed by atoms with Crippen molar-refractivity contribution in [3.05, 3.63) is 57.3 Å². The van der Waals surface area contributed by atoms with Gasteiger partial charge in [0.05, 0.1) is 0 Å². The molecule has 3 nitrogen and oxygen atoms in total. The zero-order valence-electron chi connectivity index (χ0n) is 7.52. The molecule has 0 atom stereocenters. The summed E-state index contributed by atoms with van der Waals surface area (Å²) in [6, 6.07) is 5.85. The van der Waals surface area contributed by atoms with E-state index in [4.69, 9.17) is 0 Å². The van der Waals surface area contributed by atoms with Crippen LogP contribution in [0.4, 0.5) is 4.39 Å². The van der Waals surface area contributed by atoms with Crippen molar-refractivity contribution in [2.24, 2.45) is 0 Å². The molecule has 5 heteroatoms. The number of nitrogens with zero attached hydrogens (tertiary/aromatic N) is 2. The quantitative estimate of drug-likeness (QED) is 0.794. The maximum atomic E-state index is 13.5. The second-order valence-electron chi connectivity index (χ2n) is 2.87. The Labute approximate surface area is 93.3 Å². The molecule has 0 N–H and O–H groups in total. The summed E-state index contributed by atoms with van der Waals surface area (Å²) >= 11 is 3.10. The second-order valence-corrected chi connectivity index (χ2v) is 3.78. The van der Waals surface area contributed by atoms with Crippen molar-refractivity contribution in [3.8, 4) is 5.82 Å². The highest BCUT2D eigenvalue weighted by Gasteiger charge is 2.07. The number of pyridine rings is 2. The summed E-state index contributed by atoms with van der Waals surface area (Å²) in [5, 5.41) is 0. The van der Waals surface area contributed by atoms with Gasteiger partial charge in [-0.15, -0.1) is 0 Å². The fourth-order valence-electron chi connectivity index (χ4n) is 1.19. The van der Waals surface area contributed by atoms with Gasteiger partial charge >= 0.3 is 0 Å². The highest BCUT2D eigenvalue weighted by Crippen LogP contribution is 2.14. The van der Waals surface area contributed by atoms with Gasteiger partial charge in [-0.1, -0.05) is 6.07 Å². The summed E-state index contributed by atoms with van der Waals surface area (Å²) in [4.78, 5) is 15.3. The van der Waals surface area contributed by atoms with E-state index in [-0.39, 0.29) is 11.4 Å². The lowest BCUT2D eigenvalue weighted by molar-refractivity contribution is 0.606. The minimum atomic E-state index is -0.544. The average Bonchev–Trinajstić information content (AvgIpc) is 2.20. The lowest BCUT2D eigenvalue weighted by atomic mass is 10.4. The van der Waals surface area contributed by atoms with E-state index >= 15 is 0 Å². The van der Waals surface area contributed by atoms with Crippen molar-refractivity contribution < 1.29 is 4.39 Å². The van der Waals surface area contributed by atoms with Crippen LogP contribution in [0.2, 0.25) is 0 Å². The van der Waals surface area contributed by atoms with Crippen molar-refractivity contribution >= 4 is 15.9 Å². The van der Waals surface area contributed by atoms with E-state index in [2.05, 4.69) is 20.9 Å². The molecule has 0 bridgehead atoms. The van der Waals surface area contributed by atoms with Crippen LogP contribution in [0.1, 0.15) is 0 Å². The third kappa shape index (κ3) is 1.97. The van der Waals surface area contributed by atoms with E-state index in [1.807, 2.05) is 0 Å². The Hall–Kier alpha value is -1.49. The molecule has 0 aliphatic carbocycles. The van der Waals surface area contributed by atoms with Gasteiger partial charge in [0.15, 0.2) is 11.6 Å². The number of halogens is 2. The van der Waals surface area contributed by atoms with E-state index < -0.39 is 5.82 Å². The van der Waals surface area contributed by atoms with E-state index in [1.54, 1.807) is 12.1 Å². The molecule has 0 aromatic carbocycles. The Kier molecular flexibility index (Phi) is 2.64. The molecule has 2 aromatic rings. The van der Waals surface area contributed by atoms with E-state index in [0.717, 1.165) is 4.57 Å². The van der Waals surface area contributed by atoms with Gasteiger partial charge in [-0.3, -0.25) is 9.36 Å². The fourth-order valence-corrected chi connectivity index (χ4v) is 1.49. The zero-order chi connectivity index (χ0) is 10.8. The topological polar surface area (TPSA) is 34.9 Å². The van der Waals surface area contributed by atoms with Crippen LogP contribution >= 0.6 is 15.9 Å². The third-order valence-electron chi connectivity index (χ3n) is 1.84. The van der Waals surface area contributed by atoms with E-state index in [1.165, 1.54) is 24.5 Å². The second kappa shape index (κ2) is 3.94. The summed E-state index contributed by atoms with van der Waals surface area (Å²) in [5.41, 5.74) is -0.314. The molecule has 0 spiro atoms. The molecule has 0 unspecified atom stereocenters. The van der Waals surface area contributed by atoms with Crippen LogP contribution in [0.15, 0.2) is 45.9 Å². The molecule has 0 amide bonds. The van der Waals surface area contributed by atoms with Gasteiger partial charge in [0.2, 0.25) is 0 Å². The molecular weight excluding hydrogens is 263 g/mol. The maximum absolute atomic E-state index is 13.5. The van der Waals surface area contributed by atoms with Crippen molar-refractivity contribution in [1.82, 2.24) is 9.55 Å². The first-order valence-corrected chi connectivity index (χ1v) is 4.97. The summed E-state index contributed by atoms with van der Waals surface area (Å²) in [5.74, 6) is -0.540. The minimum absolute atomic E-state index is 0.00352. The SMILES string of the molecule is O=c1ccccn1-c1ncc(Br)cc1F. The third-order valence-corrected chi connectivity index (χ3v) is 2.27. The van der Waals surface area contributed by atoms with Gasteiger partial charge in [-0.25, -0.2) is 9.37 Å². The van der Waals surface area contributed by atoms with Crippen LogP contribution in [0.25, 0.3) is 5.82 Å². The molecule has 0 saturated heterocycles. The summed E-state index contributed by atoms with van der Waals surface area (Å²) in [6.07, 6.45) is 2.92. The molecule has 0 aliphatic heterocycles.